The second kappa shape index (κ2) is 5.96. The van der Waals surface area contributed by atoms with Crippen molar-refractivity contribution < 1.29 is 14.3 Å². The van der Waals surface area contributed by atoms with Gasteiger partial charge in [-0.3, -0.25) is 4.79 Å². The molecule has 0 radical (unpaired) electrons. The van der Waals surface area contributed by atoms with Crippen LogP contribution in [0.5, 0.6) is 5.75 Å². The van der Waals surface area contributed by atoms with Crippen LogP contribution >= 0.6 is 0 Å². The Labute approximate surface area is 129 Å². The summed E-state index contributed by atoms with van der Waals surface area (Å²) >= 11 is 0. The highest BCUT2D eigenvalue weighted by Crippen LogP contribution is 2.24. The van der Waals surface area contributed by atoms with Gasteiger partial charge in [0, 0.05) is 12.7 Å². The van der Waals surface area contributed by atoms with Crippen LogP contribution in [0.4, 0.5) is 0 Å². The molecule has 2 heterocycles. The van der Waals surface area contributed by atoms with Crippen molar-refractivity contribution in [1.29, 1.82) is 0 Å². The third kappa shape index (κ3) is 2.92. The van der Waals surface area contributed by atoms with Crippen molar-refractivity contribution in [3.63, 3.8) is 0 Å². The molecule has 6 nitrogen and oxygen atoms in total. The number of hydrogen-bond donors (Lipinski definition) is 2. The van der Waals surface area contributed by atoms with E-state index in [1.165, 1.54) is 0 Å². The summed E-state index contributed by atoms with van der Waals surface area (Å²) in [5, 5.41) is 2.91. The summed E-state index contributed by atoms with van der Waals surface area (Å²) in [6.07, 6.45) is 2.80. The molecule has 2 N–H and O–H groups in total. The third-order valence-corrected chi connectivity index (χ3v) is 4.10. The van der Waals surface area contributed by atoms with E-state index in [-0.39, 0.29) is 5.91 Å². The van der Waals surface area contributed by atoms with E-state index < -0.39 is 5.60 Å². The van der Waals surface area contributed by atoms with E-state index in [9.17, 15) is 4.79 Å². The third-order valence-electron chi connectivity index (χ3n) is 4.10. The predicted octanol–water partition coefficient (Wildman–Crippen LogP) is 2.15. The molecular formula is C16H21N3O3. The zero-order chi connectivity index (χ0) is 15.6. The average molecular weight is 303 g/mol. The predicted molar refractivity (Wildman–Crippen MR) is 82.7 cm³/mol. The zero-order valence-corrected chi connectivity index (χ0v) is 12.9. The van der Waals surface area contributed by atoms with Gasteiger partial charge in [0.05, 0.1) is 24.7 Å². The Morgan fingerprint density at radius 1 is 1.50 bits per heavy atom. The highest BCUT2D eigenvalue weighted by molar-refractivity contribution is 5.85. The number of fused-ring (bicyclic) bond motifs is 1. The van der Waals surface area contributed by atoms with Crippen molar-refractivity contribution in [3.8, 4) is 5.75 Å². The Bertz CT molecular complexity index is 674. The number of hydrogen-bond acceptors (Lipinski definition) is 4. The van der Waals surface area contributed by atoms with Crippen molar-refractivity contribution in [3.05, 3.63) is 24.0 Å². The molecule has 1 aromatic heterocycles. The van der Waals surface area contributed by atoms with Crippen LogP contribution in [-0.2, 0) is 16.1 Å². The molecule has 2 aromatic rings. The van der Waals surface area contributed by atoms with Gasteiger partial charge in [0.25, 0.3) is 5.91 Å². The molecule has 0 spiro atoms. The molecule has 3 rings (SSSR count). The van der Waals surface area contributed by atoms with E-state index in [1.807, 2.05) is 25.1 Å². The molecule has 0 aliphatic carbocycles. The standard InChI is InChI=1S/C16H21N3O3/c1-16(7-3-4-8-22-16)15(20)17-10-14-18-12-6-5-11(21-2)9-13(12)19-14/h5-6,9H,3-4,7-8,10H2,1-2H3,(H,17,20)(H,18,19). The van der Waals surface area contributed by atoms with Crippen LogP contribution in [0.1, 0.15) is 32.0 Å². The lowest BCUT2D eigenvalue weighted by atomic mass is 9.95. The maximum atomic E-state index is 12.3. The van der Waals surface area contributed by atoms with Gasteiger partial charge in [0.15, 0.2) is 0 Å². The van der Waals surface area contributed by atoms with Gasteiger partial charge < -0.3 is 19.8 Å². The largest absolute Gasteiger partial charge is 0.497 e. The van der Waals surface area contributed by atoms with Crippen LogP contribution in [0.3, 0.4) is 0 Å². The number of amides is 1. The number of ether oxygens (including phenoxy) is 2. The summed E-state index contributed by atoms with van der Waals surface area (Å²) in [6, 6.07) is 5.64. The molecule has 1 aromatic carbocycles. The van der Waals surface area contributed by atoms with Crippen molar-refractivity contribution in [2.45, 2.75) is 38.3 Å². The highest BCUT2D eigenvalue weighted by atomic mass is 16.5. The van der Waals surface area contributed by atoms with E-state index >= 15 is 0 Å². The van der Waals surface area contributed by atoms with Gasteiger partial charge in [-0.25, -0.2) is 4.98 Å². The molecule has 1 unspecified atom stereocenters. The number of carbonyl (C=O) groups excluding carboxylic acids is 1. The van der Waals surface area contributed by atoms with Crippen molar-refractivity contribution in [2.24, 2.45) is 0 Å². The van der Waals surface area contributed by atoms with Gasteiger partial charge in [-0.2, -0.15) is 0 Å². The summed E-state index contributed by atoms with van der Waals surface area (Å²) < 4.78 is 10.8. The molecule has 1 aliphatic rings. The minimum Gasteiger partial charge on any atom is -0.497 e. The van der Waals surface area contributed by atoms with E-state index in [4.69, 9.17) is 9.47 Å². The maximum absolute atomic E-state index is 12.3. The zero-order valence-electron chi connectivity index (χ0n) is 12.9. The lowest BCUT2D eigenvalue weighted by Crippen LogP contribution is -2.48. The minimum atomic E-state index is -0.715. The molecule has 1 saturated heterocycles. The van der Waals surface area contributed by atoms with Crippen LogP contribution in [-0.4, -0.2) is 35.2 Å². The molecule has 1 amide bonds. The quantitative estimate of drug-likeness (QED) is 0.907. The molecule has 0 saturated carbocycles. The van der Waals surface area contributed by atoms with Crippen molar-refractivity contribution >= 4 is 16.9 Å². The van der Waals surface area contributed by atoms with Gasteiger partial charge in [-0.05, 0) is 38.3 Å². The van der Waals surface area contributed by atoms with E-state index in [0.29, 0.717) is 13.2 Å². The number of benzene rings is 1. The number of H-pyrrole nitrogens is 1. The fourth-order valence-electron chi connectivity index (χ4n) is 2.72. The van der Waals surface area contributed by atoms with Gasteiger partial charge in [-0.1, -0.05) is 0 Å². The first-order valence-corrected chi connectivity index (χ1v) is 7.56. The van der Waals surface area contributed by atoms with Crippen LogP contribution in [0, 0.1) is 0 Å². The summed E-state index contributed by atoms with van der Waals surface area (Å²) in [5.74, 6) is 1.41. The van der Waals surface area contributed by atoms with Crippen LogP contribution in [0.2, 0.25) is 0 Å². The lowest BCUT2D eigenvalue weighted by Gasteiger charge is -2.32. The maximum Gasteiger partial charge on any atom is 0.252 e. The van der Waals surface area contributed by atoms with Crippen LogP contribution in [0.25, 0.3) is 11.0 Å². The van der Waals surface area contributed by atoms with Crippen LogP contribution in [0.15, 0.2) is 18.2 Å². The SMILES string of the molecule is COc1ccc2nc(CNC(=O)C3(C)CCCCO3)[nH]c2c1. The summed E-state index contributed by atoms with van der Waals surface area (Å²) in [7, 11) is 1.63. The summed E-state index contributed by atoms with van der Waals surface area (Å²) in [5.41, 5.74) is 1.03. The molecule has 6 heteroatoms. The molecule has 1 aliphatic heterocycles. The first-order valence-electron chi connectivity index (χ1n) is 7.56. The Morgan fingerprint density at radius 3 is 3.09 bits per heavy atom. The monoisotopic (exact) mass is 303 g/mol. The number of rotatable bonds is 4. The number of imidazole rings is 1. The fraction of sp³-hybridized carbons (Fsp3) is 0.500. The van der Waals surface area contributed by atoms with Gasteiger partial charge in [0.2, 0.25) is 0 Å². The Hall–Kier alpha value is -2.08. The number of methoxy groups -OCH3 is 1. The Morgan fingerprint density at radius 2 is 2.36 bits per heavy atom. The summed E-state index contributed by atoms with van der Waals surface area (Å²) in [4.78, 5) is 20.0. The number of nitrogens with one attached hydrogen (secondary N) is 2. The first-order chi connectivity index (χ1) is 10.6. The molecular weight excluding hydrogens is 282 g/mol. The lowest BCUT2D eigenvalue weighted by molar-refractivity contribution is -0.150. The van der Waals surface area contributed by atoms with E-state index in [1.54, 1.807) is 7.11 Å². The first kappa shape index (κ1) is 14.8. The number of carbonyl (C=O) groups is 1. The van der Waals surface area contributed by atoms with Gasteiger partial charge in [0.1, 0.15) is 17.2 Å². The van der Waals surface area contributed by atoms with E-state index in [0.717, 1.165) is 41.9 Å². The molecule has 22 heavy (non-hydrogen) atoms. The van der Waals surface area contributed by atoms with Gasteiger partial charge >= 0.3 is 0 Å². The second-order valence-corrected chi connectivity index (χ2v) is 5.79. The number of aromatic amines is 1. The van der Waals surface area contributed by atoms with E-state index in [2.05, 4.69) is 15.3 Å². The molecule has 118 valence electrons. The van der Waals surface area contributed by atoms with Crippen LogP contribution < -0.4 is 10.1 Å². The molecule has 0 bridgehead atoms. The summed E-state index contributed by atoms with van der Waals surface area (Å²) in [6.45, 7) is 2.86. The van der Waals surface area contributed by atoms with Gasteiger partial charge in [-0.15, -0.1) is 0 Å². The second-order valence-electron chi connectivity index (χ2n) is 5.79. The molecule has 1 atom stereocenters. The number of nitrogens with zero attached hydrogens (tertiary/aromatic N) is 1. The van der Waals surface area contributed by atoms with Crippen molar-refractivity contribution in [2.75, 3.05) is 13.7 Å². The highest BCUT2D eigenvalue weighted by Gasteiger charge is 2.35. The average Bonchev–Trinajstić information content (AvgIpc) is 2.95. The normalized spacial score (nSPS) is 21.7. The topological polar surface area (TPSA) is 76.2 Å². The minimum absolute atomic E-state index is 0.0785. The Balaban J connectivity index is 1.67. The Kier molecular flexibility index (Phi) is 4.02. The number of aromatic nitrogens is 2. The molecule has 1 fully saturated rings. The smallest absolute Gasteiger partial charge is 0.252 e. The fourth-order valence-corrected chi connectivity index (χ4v) is 2.72. The van der Waals surface area contributed by atoms with Crippen molar-refractivity contribution in [1.82, 2.24) is 15.3 Å².